The maximum Gasteiger partial charge on any atom is 0.309 e. The molecule has 25 heavy (non-hydrogen) atoms. The number of nitro groups is 1. The number of hydrogen-bond acceptors (Lipinski definition) is 6. The Hall–Kier alpha value is -2.64. The van der Waals surface area contributed by atoms with Crippen LogP contribution in [0.2, 0.25) is 0 Å². The van der Waals surface area contributed by atoms with Gasteiger partial charge in [0.25, 0.3) is 5.69 Å². The Balaban J connectivity index is 1.77. The second-order valence-electron chi connectivity index (χ2n) is 5.86. The van der Waals surface area contributed by atoms with Crippen molar-refractivity contribution in [1.82, 2.24) is 4.90 Å². The molecule has 2 rings (SSSR count). The van der Waals surface area contributed by atoms with Crippen LogP contribution in [0.25, 0.3) is 0 Å². The van der Waals surface area contributed by atoms with Gasteiger partial charge in [-0.15, -0.1) is 0 Å². The number of esters is 1. The van der Waals surface area contributed by atoms with Crippen molar-refractivity contribution in [2.45, 2.75) is 26.2 Å². The molecule has 0 spiro atoms. The van der Waals surface area contributed by atoms with Gasteiger partial charge in [0.2, 0.25) is 5.91 Å². The highest BCUT2D eigenvalue weighted by Crippen LogP contribution is 2.23. The van der Waals surface area contributed by atoms with Crippen molar-refractivity contribution in [3.63, 3.8) is 0 Å². The Morgan fingerprint density at radius 1 is 1.32 bits per heavy atom. The normalized spacial score (nSPS) is 14.8. The number of anilines is 1. The number of amides is 1. The smallest absolute Gasteiger partial charge is 0.309 e. The summed E-state index contributed by atoms with van der Waals surface area (Å²) < 4.78 is 5.01. The first kappa shape index (κ1) is 18.7. The number of hydrogen-bond donors (Lipinski definition) is 1. The summed E-state index contributed by atoms with van der Waals surface area (Å²) >= 11 is 0. The SMILES string of the molecule is CCOC(=O)C1CCN(C(=O)CCNc2ccccc2[N+](=O)[O-])CC1. The van der Waals surface area contributed by atoms with Crippen molar-refractivity contribution in [2.75, 3.05) is 31.6 Å². The molecule has 0 bridgehead atoms. The molecule has 1 aliphatic rings. The number of carbonyl (C=O) groups is 2. The third-order valence-electron chi connectivity index (χ3n) is 4.22. The maximum atomic E-state index is 12.2. The number of nitro benzene ring substituents is 1. The summed E-state index contributed by atoms with van der Waals surface area (Å²) in [6.45, 7) is 3.54. The Kier molecular flexibility index (Phi) is 6.73. The van der Waals surface area contributed by atoms with Gasteiger partial charge in [0.15, 0.2) is 0 Å². The van der Waals surface area contributed by atoms with Gasteiger partial charge >= 0.3 is 5.97 Å². The van der Waals surface area contributed by atoms with E-state index in [0.717, 1.165) is 0 Å². The van der Waals surface area contributed by atoms with Gasteiger partial charge in [0.05, 0.1) is 17.4 Å². The molecule has 0 unspecified atom stereocenters. The monoisotopic (exact) mass is 349 g/mol. The zero-order valence-corrected chi connectivity index (χ0v) is 14.3. The predicted octanol–water partition coefficient (Wildman–Crippen LogP) is 2.20. The molecule has 0 atom stereocenters. The molecule has 1 aromatic carbocycles. The quantitative estimate of drug-likeness (QED) is 0.460. The standard InChI is InChI=1S/C17H23N3O5/c1-2-25-17(22)13-8-11-19(12-9-13)16(21)7-10-18-14-5-3-4-6-15(14)20(23)24/h3-6,13,18H,2,7-12H2,1H3. The lowest BCUT2D eigenvalue weighted by Crippen LogP contribution is -2.41. The molecule has 1 saturated heterocycles. The van der Waals surface area contributed by atoms with Crippen molar-refractivity contribution in [3.8, 4) is 0 Å². The number of piperidine rings is 1. The van der Waals surface area contributed by atoms with E-state index in [1.807, 2.05) is 0 Å². The highest BCUT2D eigenvalue weighted by atomic mass is 16.6. The van der Waals surface area contributed by atoms with Gasteiger partial charge in [-0.05, 0) is 25.8 Å². The van der Waals surface area contributed by atoms with Crippen LogP contribution in [0.3, 0.4) is 0 Å². The van der Waals surface area contributed by atoms with Crippen molar-refractivity contribution in [2.24, 2.45) is 5.92 Å². The molecule has 0 aromatic heterocycles. The van der Waals surface area contributed by atoms with E-state index in [4.69, 9.17) is 4.74 Å². The van der Waals surface area contributed by atoms with Crippen LogP contribution in [-0.4, -0.2) is 47.9 Å². The van der Waals surface area contributed by atoms with Crippen molar-refractivity contribution < 1.29 is 19.2 Å². The van der Waals surface area contributed by atoms with E-state index in [2.05, 4.69) is 5.32 Å². The van der Waals surface area contributed by atoms with Crippen LogP contribution < -0.4 is 5.32 Å². The summed E-state index contributed by atoms with van der Waals surface area (Å²) in [6, 6.07) is 6.34. The second kappa shape index (κ2) is 9.00. The maximum absolute atomic E-state index is 12.2. The van der Waals surface area contributed by atoms with Crippen molar-refractivity contribution in [1.29, 1.82) is 0 Å². The first-order chi connectivity index (χ1) is 12.0. The summed E-state index contributed by atoms with van der Waals surface area (Å²) in [4.78, 5) is 36.2. The minimum absolute atomic E-state index is 0.00907. The summed E-state index contributed by atoms with van der Waals surface area (Å²) in [5, 5.41) is 13.9. The number of nitrogens with zero attached hydrogens (tertiary/aromatic N) is 2. The molecular formula is C17H23N3O5. The van der Waals surface area contributed by atoms with Gasteiger partial charge in [-0.25, -0.2) is 0 Å². The molecule has 0 saturated carbocycles. The van der Waals surface area contributed by atoms with E-state index in [-0.39, 0.29) is 29.9 Å². The average Bonchev–Trinajstić information content (AvgIpc) is 2.62. The number of likely N-dealkylation sites (tertiary alicyclic amines) is 1. The number of carbonyl (C=O) groups excluding carboxylic acids is 2. The number of ether oxygens (including phenoxy) is 1. The van der Waals surface area contributed by atoms with Gasteiger partial charge in [-0.3, -0.25) is 19.7 Å². The molecular weight excluding hydrogens is 326 g/mol. The van der Waals surface area contributed by atoms with E-state index in [1.54, 1.807) is 30.0 Å². The fourth-order valence-electron chi connectivity index (χ4n) is 2.87. The van der Waals surface area contributed by atoms with E-state index in [1.165, 1.54) is 6.07 Å². The van der Waals surface area contributed by atoms with Crippen molar-refractivity contribution >= 4 is 23.3 Å². The highest BCUT2D eigenvalue weighted by molar-refractivity contribution is 5.78. The van der Waals surface area contributed by atoms with E-state index < -0.39 is 4.92 Å². The summed E-state index contributed by atoms with van der Waals surface area (Å²) in [7, 11) is 0. The van der Waals surface area contributed by atoms with Crippen LogP contribution in [0, 0.1) is 16.0 Å². The first-order valence-electron chi connectivity index (χ1n) is 8.44. The van der Waals surface area contributed by atoms with Crippen LogP contribution in [-0.2, 0) is 14.3 Å². The van der Waals surface area contributed by atoms with Gasteiger partial charge in [-0.2, -0.15) is 0 Å². The Bertz CT molecular complexity index is 626. The van der Waals surface area contributed by atoms with E-state index >= 15 is 0 Å². The summed E-state index contributed by atoms with van der Waals surface area (Å²) in [5.74, 6) is -0.338. The number of nitrogens with one attached hydrogen (secondary N) is 1. The van der Waals surface area contributed by atoms with E-state index in [0.29, 0.717) is 44.8 Å². The average molecular weight is 349 g/mol. The predicted molar refractivity (Wildman–Crippen MR) is 92.1 cm³/mol. The lowest BCUT2D eigenvalue weighted by atomic mass is 9.97. The minimum atomic E-state index is -0.454. The molecule has 0 aliphatic carbocycles. The first-order valence-corrected chi connectivity index (χ1v) is 8.44. The van der Waals surface area contributed by atoms with Crippen LogP contribution in [0.4, 0.5) is 11.4 Å². The second-order valence-corrected chi connectivity index (χ2v) is 5.86. The molecule has 0 radical (unpaired) electrons. The number of para-hydroxylation sites is 2. The van der Waals surface area contributed by atoms with Gasteiger partial charge in [0.1, 0.15) is 5.69 Å². The van der Waals surface area contributed by atoms with Crippen LogP contribution in [0.1, 0.15) is 26.2 Å². The lowest BCUT2D eigenvalue weighted by molar-refractivity contribution is -0.384. The van der Waals surface area contributed by atoms with Crippen LogP contribution >= 0.6 is 0 Å². The Morgan fingerprint density at radius 2 is 2.00 bits per heavy atom. The molecule has 8 heteroatoms. The molecule has 1 amide bonds. The fraction of sp³-hybridized carbons (Fsp3) is 0.529. The third-order valence-corrected chi connectivity index (χ3v) is 4.22. The van der Waals surface area contributed by atoms with Crippen molar-refractivity contribution in [3.05, 3.63) is 34.4 Å². The van der Waals surface area contributed by atoms with Gasteiger partial charge in [0, 0.05) is 32.1 Å². The van der Waals surface area contributed by atoms with Gasteiger partial charge < -0.3 is 15.0 Å². The summed E-state index contributed by atoms with van der Waals surface area (Å²) in [6.07, 6.45) is 1.47. The van der Waals surface area contributed by atoms with Gasteiger partial charge in [-0.1, -0.05) is 12.1 Å². The largest absolute Gasteiger partial charge is 0.466 e. The Labute approximate surface area is 146 Å². The lowest BCUT2D eigenvalue weighted by Gasteiger charge is -2.31. The molecule has 136 valence electrons. The zero-order valence-electron chi connectivity index (χ0n) is 14.3. The topological polar surface area (TPSA) is 102 Å². The Morgan fingerprint density at radius 3 is 2.64 bits per heavy atom. The van der Waals surface area contributed by atoms with E-state index in [9.17, 15) is 19.7 Å². The minimum Gasteiger partial charge on any atom is -0.466 e. The third kappa shape index (κ3) is 5.17. The molecule has 8 nitrogen and oxygen atoms in total. The highest BCUT2D eigenvalue weighted by Gasteiger charge is 2.27. The molecule has 1 aromatic rings. The van der Waals surface area contributed by atoms with Crippen LogP contribution in [0.15, 0.2) is 24.3 Å². The molecule has 1 heterocycles. The molecule has 1 aliphatic heterocycles. The number of benzene rings is 1. The molecule has 1 fully saturated rings. The zero-order chi connectivity index (χ0) is 18.2. The van der Waals surface area contributed by atoms with Crippen LogP contribution in [0.5, 0.6) is 0 Å². The molecule has 1 N–H and O–H groups in total. The fourth-order valence-corrected chi connectivity index (χ4v) is 2.87. The number of rotatable bonds is 7. The summed E-state index contributed by atoms with van der Waals surface area (Å²) in [5.41, 5.74) is 0.395.